The van der Waals surface area contributed by atoms with Crippen molar-refractivity contribution >= 4 is 37.5 Å². The molecule has 2 aromatic carbocycles. The number of aromatic nitrogens is 1. The van der Waals surface area contributed by atoms with E-state index in [2.05, 4.69) is 46.0 Å². The Morgan fingerprint density at radius 2 is 2.00 bits per heavy atom. The Morgan fingerprint density at radius 1 is 1.20 bits per heavy atom. The predicted molar refractivity (Wildman–Crippen MR) is 89.0 cm³/mol. The number of nitrogens with two attached hydrogens (primary N) is 1. The van der Waals surface area contributed by atoms with Crippen molar-refractivity contribution < 1.29 is 0 Å². The van der Waals surface area contributed by atoms with Crippen molar-refractivity contribution in [1.29, 1.82) is 0 Å². The minimum atomic E-state index is -0.419. The Labute approximate surface area is 130 Å². The molecule has 0 bridgehead atoms. The quantitative estimate of drug-likeness (QED) is 0.759. The lowest BCUT2D eigenvalue weighted by Gasteiger charge is -2.24. The van der Waals surface area contributed by atoms with E-state index in [0.717, 1.165) is 27.0 Å². The summed E-state index contributed by atoms with van der Waals surface area (Å²) in [7, 11) is 0. The SMILES string of the molecule is CC(N)(Cc1nc2ccccc2s1)c1cccc(Br)c1. The third kappa shape index (κ3) is 2.77. The molecular formula is C16H15BrN2S. The average Bonchev–Trinajstić information content (AvgIpc) is 2.80. The molecule has 0 aliphatic rings. The van der Waals surface area contributed by atoms with Gasteiger partial charge in [-0.3, -0.25) is 0 Å². The molecule has 0 saturated carbocycles. The van der Waals surface area contributed by atoms with Crippen LogP contribution in [0.2, 0.25) is 0 Å². The minimum absolute atomic E-state index is 0.419. The third-order valence-corrected chi connectivity index (χ3v) is 4.87. The predicted octanol–water partition coefficient (Wildman–Crippen LogP) is 4.48. The van der Waals surface area contributed by atoms with E-state index in [1.165, 1.54) is 4.70 Å². The van der Waals surface area contributed by atoms with Crippen molar-refractivity contribution in [2.24, 2.45) is 5.73 Å². The zero-order valence-corrected chi connectivity index (χ0v) is 13.5. The fourth-order valence-corrected chi connectivity index (χ4v) is 3.79. The molecule has 0 aliphatic carbocycles. The summed E-state index contributed by atoms with van der Waals surface area (Å²) in [6, 6.07) is 16.4. The summed E-state index contributed by atoms with van der Waals surface area (Å²) in [4.78, 5) is 4.67. The summed E-state index contributed by atoms with van der Waals surface area (Å²) in [5.74, 6) is 0. The van der Waals surface area contributed by atoms with Gasteiger partial charge in [0, 0.05) is 16.4 Å². The summed E-state index contributed by atoms with van der Waals surface area (Å²) in [6.07, 6.45) is 0.739. The number of hydrogen-bond acceptors (Lipinski definition) is 3. The Morgan fingerprint density at radius 3 is 2.75 bits per heavy atom. The third-order valence-electron chi connectivity index (χ3n) is 3.34. The molecule has 0 radical (unpaired) electrons. The Balaban J connectivity index is 1.92. The van der Waals surface area contributed by atoms with Crippen molar-refractivity contribution in [3.8, 4) is 0 Å². The lowest BCUT2D eigenvalue weighted by Crippen LogP contribution is -2.35. The highest BCUT2D eigenvalue weighted by atomic mass is 79.9. The van der Waals surface area contributed by atoms with E-state index in [4.69, 9.17) is 5.73 Å². The maximum atomic E-state index is 6.51. The van der Waals surface area contributed by atoms with Crippen molar-refractivity contribution in [3.63, 3.8) is 0 Å². The maximum Gasteiger partial charge on any atom is 0.0960 e. The zero-order valence-electron chi connectivity index (χ0n) is 11.1. The highest BCUT2D eigenvalue weighted by molar-refractivity contribution is 9.10. The molecule has 0 fully saturated rings. The normalized spacial score (nSPS) is 14.3. The van der Waals surface area contributed by atoms with Crippen LogP contribution in [0.25, 0.3) is 10.2 Å². The van der Waals surface area contributed by atoms with Crippen LogP contribution in [0.5, 0.6) is 0 Å². The molecule has 0 spiro atoms. The van der Waals surface area contributed by atoms with Crippen LogP contribution in [0.4, 0.5) is 0 Å². The van der Waals surface area contributed by atoms with Crippen molar-refractivity contribution in [2.75, 3.05) is 0 Å². The second-order valence-corrected chi connectivity index (χ2v) is 7.21. The number of para-hydroxylation sites is 1. The minimum Gasteiger partial charge on any atom is -0.321 e. The lowest BCUT2D eigenvalue weighted by atomic mass is 9.90. The van der Waals surface area contributed by atoms with E-state index in [1.54, 1.807) is 11.3 Å². The summed E-state index contributed by atoms with van der Waals surface area (Å²) >= 11 is 5.22. The van der Waals surface area contributed by atoms with E-state index in [-0.39, 0.29) is 0 Å². The lowest BCUT2D eigenvalue weighted by molar-refractivity contribution is 0.490. The van der Waals surface area contributed by atoms with Crippen LogP contribution in [0, 0.1) is 0 Å². The van der Waals surface area contributed by atoms with Crippen molar-refractivity contribution in [1.82, 2.24) is 4.98 Å². The van der Waals surface area contributed by atoms with E-state index in [9.17, 15) is 0 Å². The van der Waals surface area contributed by atoms with Gasteiger partial charge in [0.15, 0.2) is 0 Å². The molecular weight excluding hydrogens is 332 g/mol. The second-order valence-electron chi connectivity index (χ2n) is 5.18. The molecule has 102 valence electrons. The van der Waals surface area contributed by atoms with Crippen LogP contribution in [-0.4, -0.2) is 4.98 Å². The molecule has 3 aromatic rings. The second kappa shape index (κ2) is 5.28. The van der Waals surface area contributed by atoms with Gasteiger partial charge in [0.1, 0.15) is 0 Å². The number of benzene rings is 2. The van der Waals surface area contributed by atoms with Gasteiger partial charge in [-0.15, -0.1) is 11.3 Å². The van der Waals surface area contributed by atoms with E-state index in [0.29, 0.717) is 0 Å². The highest BCUT2D eigenvalue weighted by Gasteiger charge is 2.23. The molecule has 2 nitrogen and oxygen atoms in total. The number of thiazole rings is 1. The zero-order chi connectivity index (χ0) is 14.2. The standard InChI is InChI=1S/C16H15BrN2S/c1-16(18,11-5-4-6-12(17)9-11)10-15-19-13-7-2-3-8-14(13)20-15/h2-9H,10,18H2,1H3. The smallest absolute Gasteiger partial charge is 0.0960 e. The van der Waals surface area contributed by atoms with Gasteiger partial charge >= 0.3 is 0 Å². The molecule has 0 aliphatic heterocycles. The van der Waals surface area contributed by atoms with Gasteiger partial charge in [-0.2, -0.15) is 0 Å². The monoisotopic (exact) mass is 346 g/mol. The largest absolute Gasteiger partial charge is 0.321 e. The Kier molecular flexibility index (Phi) is 3.63. The van der Waals surface area contributed by atoms with Gasteiger partial charge in [-0.25, -0.2) is 4.98 Å². The van der Waals surface area contributed by atoms with Crippen molar-refractivity contribution in [2.45, 2.75) is 18.9 Å². The van der Waals surface area contributed by atoms with Crippen molar-refractivity contribution in [3.05, 3.63) is 63.6 Å². The summed E-state index contributed by atoms with van der Waals surface area (Å²) < 4.78 is 2.27. The fourth-order valence-electron chi connectivity index (χ4n) is 2.26. The van der Waals surface area contributed by atoms with Crippen LogP contribution >= 0.6 is 27.3 Å². The topological polar surface area (TPSA) is 38.9 Å². The number of halogens is 1. The molecule has 0 amide bonds. The molecule has 1 aromatic heterocycles. The summed E-state index contributed by atoms with van der Waals surface area (Å²) in [5.41, 5.74) is 8.26. The first kappa shape index (κ1) is 13.7. The first-order valence-corrected chi connectivity index (χ1v) is 8.05. The van der Waals surface area contributed by atoms with Gasteiger partial charge in [-0.1, -0.05) is 40.2 Å². The molecule has 1 heterocycles. The van der Waals surface area contributed by atoms with Gasteiger partial charge in [0.25, 0.3) is 0 Å². The highest BCUT2D eigenvalue weighted by Crippen LogP contribution is 2.29. The molecule has 1 unspecified atom stereocenters. The van der Waals surface area contributed by atoms with Crippen LogP contribution in [-0.2, 0) is 12.0 Å². The molecule has 2 N–H and O–H groups in total. The summed E-state index contributed by atoms with van der Waals surface area (Å²) in [6.45, 7) is 2.06. The van der Waals surface area contributed by atoms with Gasteiger partial charge in [-0.05, 0) is 36.8 Å². The molecule has 20 heavy (non-hydrogen) atoms. The number of rotatable bonds is 3. The van der Waals surface area contributed by atoms with Crippen LogP contribution in [0.1, 0.15) is 17.5 Å². The Bertz CT molecular complexity index is 716. The maximum absolute atomic E-state index is 6.51. The fraction of sp³-hybridized carbons (Fsp3) is 0.188. The first-order chi connectivity index (χ1) is 9.54. The van der Waals surface area contributed by atoms with Crippen LogP contribution < -0.4 is 5.73 Å². The van der Waals surface area contributed by atoms with E-state index < -0.39 is 5.54 Å². The van der Waals surface area contributed by atoms with E-state index in [1.807, 2.05) is 30.3 Å². The van der Waals surface area contributed by atoms with Gasteiger partial charge in [0.05, 0.1) is 15.2 Å². The number of hydrogen-bond donors (Lipinski definition) is 1. The Hall–Kier alpha value is -1.23. The molecule has 0 saturated heterocycles. The van der Waals surface area contributed by atoms with Crippen LogP contribution in [0.3, 0.4) is 0 Å². The van der Waals surface area contributed by atoms with Crippen LogP contribution in [0.15, 0.2) is 53.0 Å². The van der Waals surface area contributed by atoms with E-state index >= 15 is 0 Å². The van der Waals surface area contributed by atoms with Gasteiger partial charge in [0.2, 0.25) is 0 Å². The number of nitrogens with zero attached hydrogens (tertiary/aromatic N) is 1. The number of fused-ring (bicyclic) bond motifs is 1. The molecule has 3 rings (SSSR count). The average molecular weight is 347 g/mol. The summed E-state index contributed by atoms with van der Waals surface area (Å²) in [5, 5.41) is 1.08. The van der Waals surface area contributed by atoms with Gasteiger partial charge < -0.3 is 5.73 Å². The first-order valence-electron chi connectivity index (χ1n) is 6.44. The molecule has 1 atom stereocenters. The molecule has 4 heteroatoms.